The van der Waals surface area contributed by atoms with Gasteiger partial charge in [0.15, 0.2) is 5.69 Å². The first-order valence-electron chi connectivity index (χ1n) is 5.96. The number of phenols is 1. The largest absolute Gasteiger partial charge is 0.507 e. The fraction of sp³-hybridized carbons (Fsp3) is 0.0714. The Labute approximate surface area is 124 Å². The topological polar surface area (TPSA) is 139 Å². The summed E-state index contributed by atoms with van der Waals surface area (Å²) in [6, 6.07) is 5.54. The standard InChI is InChI=1S/C14H11N3O5/c1-22-14(21)12-11(16)7(5-15)6-17(12)8-2-3-9(13(19)20)10(18)4-8/h2-4,6,18H,16H2,1H3,(H,19,20). The molecule has 0 spiro atoms. The number of ether oxygens (including phenoxy) is 1. The normalized spacial score (nSPS) is 10.0. The van der Waals surface area contributed by atoms with Gasteiger partial charge in [0, 0.05) is 18.0 Å². The highest BCUT2D eigenvalue weighted by Gasteiger charge is 2.22. The van der Waals surface area contributed by atoms with Crippen LogP contribution in [-0.4, -0.2) is 33.8 Å². The number of anilines is 1. The molecular weight excluding hydrogens is 290 g/mol. The van der Waals surface area contributed by atoms with E-state index in [1.54, 1.807) is 0 Å². The molecule has 0 aliphatic carbocycles. The van der Waals surface area contributed by atoms with Crippen LogP contribution in [0.4, 0.5) is 5.69 Å². The van der Waals surface area contributed by atoms with Crippen molar-refractivity contribution in [1.29, 1.82) is 5.26 Å². The zero-order chi connectivity index (χ0) is 16.4. The summed E-state index contributed by atoms with van der Waals surface area (Å²) in [5, 5.41) is 27.6. The molecule has 0 saturated heterocycles. The molecule has 0 amide bonds. The van der Waals surface area contributed by atoms with Gasteiger partial charge >= 0.3 is 11.9 Å². The summed E-state index contributed by atoms with van der Waals surface area (Å²) < 4.78 is 5.88. The Morgan fingerprint density at radius 3 is 2.59 bits per heavy atom. The molecule has 0 radical (unpaired) electrons. The average molecular weight is 301 g/mol. The van der Waals surface area contributed by atoms with Crippen molar-refractivity contribution in [2.24, 2.45) is 0 Å². The number of nitrogens with two attached hydrogens (primary N) is 1. The van der Waals surface area contributed by atoms with Crippen LogP contribution < -0.4 is 5.73 Å². The van der Waals surface area contributed by atoms with Crippen molar-refractivity contribution in [2.45, 2.75) is 0 Å². The van der Waals surface area contributed by atoms with E-state index in [1.165, 1.54) is 22.9 Å². The number of carbonyl (C=O) groups is 2. The molecule has 112 valence electrons. The molecule has 0 atom stereocenters. The van der Waals surface area contributed by atoms with Gasteiger partial charge in [0.05, 0.1) is 18.4 Å². The maximum absolute atomic E-state index is 11.8. The minimum atomic E-state index is -1.29. The SMILES string of the molecule is COC(=O)c1c(N)c(C#N)cn1-c1ccc(C(=O)O)c(O)c1. The number of benzene rings is 1. The summed E-state index contributed by atoms with van der Waals surface area (Å²) in [6.07, 6.45) is 1.30. The van der Waals surface area contributed by atoms with Crippen molar-refractivity contribution in [2.75, 3.05) is 12.8 Å². The quantitative estimate of drug-likeness (QED) is 0.722. The second-order valence-corrected chi connectivity index (χ2v) is 4.29. The molecule has 0 aliphatic rings. The monoisotopic (exact) mass is 301 g/mol. The maximum atomic E-state index is 11.8. The van der Waals surface area contributed by atoms with Crippen molar-refractivity contribution in [3.05, 3.63) is 41.2 Å². The van der Waals surface area contributed by atoms with E-state index in [4.69, 9.17) is 16.1 Å². The zero-order valence-electron chi connectivity index (χ0n) is 11.4. The first kappa shape index (κ1) is 14.9. The highest BCUT2D eigenvalue weighted by Crippen LogP contribution is 2.27. The smallest absolute Gasteiger partial charge is 0.357 e. The number of hydrogen-bond acceptors (Lipinski definition) is 6. The van der Waals surface area contributed by atoms with E-state index in [-0.39, 0.29) is 28.2 Å². The van der Waals surface area contributed by atoms with Crippen molar-refractivity contribution >= 4 is 17.6 Å². The lowest BCUT2D eigenvalue weighted by Crippen LogP contribution is -2.11. The van der Waals surface area contributed by atoms with Crippen LogP contribution in [0, 0.1) is 11.3 Å². The Kier molecular flexibility index (Phi) is 3.73. The first-order chi connectivity index (χ1) is 10.4. The molecule has 4 N–H and O–H groups in total. The number of nitriles is 1. The van der Waals surface area contributed by atoms with E-state index in [0.717, 1.165) is 13.2 Å². The number of carboxylic acids is 1. The molecule has 0 unspecified atom stereocenters. The number of nitrogens with zero attached hydrogens (tertiary/aromatic N) is 2. The third-order valence-electron chi connectivity index (χ3n) is 3.03. The van der Waals surface area contributed by atoms with Gasteiger partial charge in [-0.2, -0.15) is 5.26 Å². The van der Waals surface area contributed by atoms with E-state index in [2.05, 4.69) is 4.74 Å². The molecule has 2 rings (SSSR count). The van der Waals surface area contributed by atoms with Gasteiger partial charge in [0.2, 0.25) is 0 Å². The molecule has 0 fully saturated rings. The number of hydrogen-bond donors (Lipinski definition) is 3. The number of aromatic carboxylic acids is 1. The lowest BCUT2D eigenvalue weighted by molar-refractivity contribution is 0.0591. The van der Waals surface area contributed by atoms with Crippen LogP contribution >= 0.6 is 0 Å². The van der Waals surface area contributed by atoms with Gasteiger partial charge in [-0.1, -0.05) is 0 Å². The van der Waals surface area contributed by atoms with Gasteiger partial charge in [-0.3, -0.25) is 0 Å². The Bertz CT molecular complexity index is 817. The summed E-state index contributed by atoms with van der Waals surface area (Å²) in [6.45, 7) is 0. The van der Waals surface area contributed by atoms with Gasteiger partial charge < -0.3 is 25.3 Å². The predicted octanol–water partition coefficient (Wildman–Crippen LogP) is 1.12. The van der Waals surface area contributed by atoms with E-state index < -0.39 is 17.7 Å². The van der Waals surface area contributed by atoms with E-state index in [9.17, 15) is 14.7 Å². The first-order valence-corrected chi connectivity index (χ1v) is 5.96. The van der Waals surface area contributed by atoms with Gasteiger partial charge in [-0.15, -0.1) is 0 Å². The Morgan fingerprint density at radius 2 is 2.09 bits per heavy atom. The molecule has 1 aromatic heterocycles. The summed E-state index contributed by atoms with van der Waals surface area (Å²) in [5.74, 6) is -2.53. The van der Waals surface area contributed by atoms with Gasteiger partial charge in [-0.05, 0) is 12.1 Å². The van der Waals surface area contributed by atoms with Crippen molar-refractivity contribution in [3.8, 4) is 17.5 Å². The summed E-state index contributed by atoms with van der Waals surface area (Å²) in [5.41, 5.74) is 5.63. The molecule has 8 heteroatoms. The maximum Gasteiger partial charge on any atom is 0.357 e. The predicted molar refractivity (Wildman–Crippen MR) is 74.9 cm³/mol. The second-order valence-electron chi connectivity index (χ2n) is 4.29. The Balaban J connectivity index is 2.67. The van der Waals surface area contributed by atoms with E-state index in [1.807, 2.05) is 6.07 Å². The second kappa shape index (κ2) is 5.49. The van der Waals surface area contributed by atoms with Crippen LogP contribution in [-0.2, 0) is 4.74 Å². The molecule has 1 heterocycles. The fourth-order valence-corrected chi connectivity index (χ4v) is 1.97. The summed E-state index contributed by atoms with van der Waals surface area (Å²) >= 11 is 0. The number of carbonyl (C=O) groups excluding carboxylic acids is 1. The van der Waals surface area contributed by atoms with E-state index >= 15 is 0 Å². The van der Waals surface area contributed by atoms with Crippen molar-refractivity contribution < 1.29 is 24.5 Å². The van der Waals surface area contributed by atoms with Crippen LogP contribution in [0.2, 0.25) is 0 Å². The Hall–Kier alpha value is -3.47. The molecule has 0 bridgehead atoms. The summed E-state index contributed by atoms with van der Waals surface area (Å²) in [7, 11) is 1.16. The number of rotatable bonds is 3. The number of methoxy groups -OCH3 is 1. The van der Waals surface area contributed by atoms with Gasteiger partial charge in [-0.25, -0.2) is 9.59 Å². The van der Waals surface area contributed by atoms with E-state index in [0.29, 0.717) is 0 Å². The molecular formula is C14H11N3O5. The highest BCUT2D eigenvalue weighted by molar-refractivity contribution is 5.96. The zero-order valence-corrected chi connectivity index (χ0v) is 11.4. The molecule has 8 nitrogen and oxygen atoms in total. The van der Waals surface area contributed by atoms with Crippen LogP contribution in [0.15, 0.2) is 24.4 Å². The summed E-state index contributed by atoms with van der Waals surface area (Å²) in [4.78, 5) is 22.7. The van der Waals surface area contributed by atoms with Crippen LogP contribution in [0.1, 0.15) is 26.4 Å². The number of nitrogen functional groups attached to an aromatic ring is 1. The highest BCUT2D eigenvalue weighted by atomic mass is 16.5. The molecule has 2 aromatic rings. The van der Waals surface area contributed by atoms with Crippen molar-refractivity contribution in [3.63, 3.8) is 0 Å². The number of aromatic hydroxyl groups is 1. The molecule has 0 saturated carbocycles. The minimum absolute atomic E-state index is 0.0576. The Morgan fingerprint density at radius 1 is 1.41 bits per heavy atom. The van der Waals surface area contributed by atoms with Crippen LogP contribution in [0.3, 0.4) is 0 Å². The lowest BCUT2D eigenvalue weighted by Gasteiger charge is -2.09. The number of esters is 1. The number of carboxylic acid groups (broad SMARTS) is 1. The third-order valence-corrected chi connectivity index (χ3v) is 3.03. The van der Waals surface area contributed by atoms with Crippen LogP contribution in [0.25, 0.3) is 5.69 Å². The van der Waals surface area contributed by atoms with Gasteiger partial charge in [0.25, 0.3) is 0 Å². The molecule has 0 aliphatic heterocycles. The third kappa shape index (κ3) is 2.31. The van der Waals surface area contributed by atoms with Gasteiger partial charge in [0.1, 0.15) is 17.4 Å². The van der Waals surface area contributed by atoms with Crippen molar-refractivity contribution in [1.82, 2.24) is 4.57 Å². The minimum Gasteiger partial charge on any atom is -0.507 e. The lowest BCUT2D eigenvalue weighted by atomic mass is 10.2. The molecule has 1 aromatic carbocycles. The molecule has 22 heavy (non-hydrogen) atoms. The number of aromatic nitrogens is 1. The van der Waals surface area contributed by atoms with Crippen LogP contribution in [0.5, 0.6) is 5.75 Å². The fourth-order valence-electron chi connectivity index (χ4n) is 1.97. The average Bonchev–Trinajstić information content (AvgIpc) is 2.82.